The molecule has 1 atom stereocenters. The number of carbonyl (C=O) groups is 1. The molecule has 0 aromatic carbocycles. The SMILES string of the molecule is COC[C@@H](C)NC(=O)c1ccc(Br)s1. The Morgan fingerprint density at radius 1 is 1.71 bits per heavy atom. The largest absolute Gasteiger partial charge is 0.383 e. The summed E-state index contributed by atoms with van der Waals surface area (Å²) in [4.78, 5) is 12.3. The topological polar surface area (TPSA) is 38.3 Å². The Balaban J connectivity index is 2.50. The highest BCUT2D eigenvalue weighted by Crippen LogP contribution is 2.21. The van der Waals surface area contributed by atoms with Gasteiger partial charge in [0.1, 0.15) is 0 Å². The van der Waals surface area contributed by atoms with Crippen molar-refractivity contribution in [1.29, 1.82) is 0 Å². The average Bonchev–Trinajstić information content (AvgIpc) is 2.52. The minimum atomic E-state index is -0.0507. The lowest BCUT2D eigenvalue weighted by Crippen LogP contribution is -2.35. The van der Waals surface area contributed by atoms with Crippen molar-refractivity contribution in [2.75, 3.05) is 13.7 Å². The number of carbonyl (C=O) groups excluding carboxylic acids is 1. The van der Waals surface area contributed by atoms with E-state index >= 15 is 0 Å². The normalized spacial score (nSPS) is 12.5. The summed E-state index contributed by atoms with van der Waals surface area (Å²) < 4.78 is 5.89. The summed E-state index contributed by atoms with van der Waals surface area (Å²) in [5.74, 6) is -0.0507. The first-order valence-corrected chi connectivity index (χ1v) is 5.79. The van der Waals surface area contributed by atoms with Crippen molar-refractivity contribution in [3.05, 3.63) is 20.8 Å². The minimum absolute atomic E-state index is 0.0355. The lowest BCUT2D eigenvalue weighted by atomic mass is 10.3. The van der Waals surface area contributed by atoms with Crippen LogP contribution in [0.5, 0.6) is 0 Å². The molecule has 0 aliphatic heterocycles. The Hall–Kier alpha value is -0.390. The first-order valence-electron chi connectivity index (χ1n) is 4.18. The third-order valence-electron chi connectivity index (χ3n) is 1.59. The smallest absolute Gasteiger partial charge is 0.261 e. The van der Waals surface area contributed by atoms with Crippen LogP contribution in [0, 0.1) is 0 Å². The van der Waals surface area contributed by atoms with E-state index in [1.165, 1.54) is 11.3 Å². The van der Waals surface area contributed by atoms with Gasteiger partial charge in [0.05, 0.1) is 15.3 Å². The van der Waals surface area contributed by atoms with Crippen molar-refractivity contribution in [3.63, 3.8) is 0 Å². The number of methoxy groups -OCH3 is 1. The number of hydrogen-bond donors (Lipinski definition) is 1. The number of rotatable bonds is 4. The van der Waals surface area contributed by atoms with Crippen LogP contribution in [0.25, 0.3) is 0 Å². The molecule has 0 unspecified atom stereocenters. The first kappa shape index (κ1) is 11.7. The van der Waals surface area contributed by atoms with Crippen LogP contribution in [0.4, 0.5) is 0 Å². The predicted octanol–water partition coefficient (Wildman–Crippen LogP) is 2.28. The Morgan fingerprint density at radius 3 is 2.93 bits per heavy atom. The molecular weight excluding hydrogens is 266 g/mol. The van der Waals surface area contributed by atoms with E-state index < -0.39 is 0 Å². The zero-order valence-electron chi connectivity index (χ0n) is 8.04. The molecule has 0 aliphatic rings. The van der Waals surface area contributed by atoms with Gasteiger partial charge in [-0.3, -0.25) is 4.79 Å². The van der Waals surface area contributed by atoms with Crippen LogP contribution in [0.3, 0.4) is 0 Å². The van der Waals surface area contributed by atoms with Crippen molar-refractivity contribution in [2.24, 2.45) is 0 Å². The third kappa shape index (κ3) is 3.40. The summed E-state index contributed by atoms with van der Waals surface area (Å²) in [7, 11) is 1.62. The van der Waals surface area contributed by atoms with Crippen LogP contribution in [-0.4, -0.2) is 25.7 Å². The molecule has 5 heteroatoms. The van der Waals surface area contributed by atoms with Crippen LogP contribution in [0.1, 0.15) is 16.6 Å². The number of nitrogens with one attached hydrogen (secondary N) is 1. The van der Waals surface area contributed by atoms with Gasteiger partial charge in [-0.25, -0.2) is 0 Å². The Labute approximate surface area is 95.6 Å². The second-order valence-electron chi connectivity index (χ2n) is 2.93. The van der Waals surface area contributed by atoms with Gasteiger partial charge >= 0.3 is 0 Å². The van der Waals surface area contributed by atoms with Crippen LogP contribution in [0.15, 0.2) is 15.9 Å². The molecule has 0 spiro atoms. The zero-order valence-corrected chi connectivity index (χ0v) is 10.4. The van der Waals surface area contributed by atoms with E-state index in [1.807, 2.05) is 13.0 Å². The van der Waals surface area contributed by atoms with E-state index in [0.29, 0.717) is 11.5 Å². The van der Waals surface area contributed by atoms with E-state index in [1.54, 1.807) is 13.2 Å². The van der Waals surface area contributed by atoms with Crippen molar-refractivity contribution in [3.8, 4) is 0 Å². The molecule has 0 bridgehead atoms. The summed E-state index contributed by atoms with van der Waals surface area (Å²) in [6.07, 6.45) is 0. The summed E-state index contributed by atoms with van der Waals surface area (Å²) in [6.45, 7) is 2.43. The second kappa shape index (κ2) is 5.48. The maximum atomic E-state index is 11.6. The maximum Gasteiger partial charge on any atom is 0.261 e. The lowest BCUT2D eigenvalue weighted by Gasteiger charge is -2.11. The third-order valence-corrected chi connectivity index (χ3v) is 3.21. The fourth-order valence-electron chi connectivity index (χ4n) is 1.02. The molecular formula is C9H12BrNO2S. The molecule has 1 aromatic heterocycles. The quantitative estimate of drug-likeness (QED) is 0.917. The molecule has 1 rings (SSSR count). The number of ether oxygens (including phenoxy) is 1. The van der Waals surface area contributed by atoms with Crippen LogP contribution in [0.2, 0.25) is 0 Å². The molecule has 1 aromatic rings. The maximum absolute atomic E-state index is 11.6. The summed E-state index contributed by atoms with van der Waals surface area (Å²) in [6, 6.07) is 3.69. The van der Waals surface area contributed by atoms with Crippen molar-refractivity contribution in [1.82, 2.24) is 5.32 Å². The number of thiophene rings is 1. The summed E-state index contributed by atoms with van der Waals surface area (Å²) in [5.41, 5.74) is 0. The van der Waals surface area contributed by atoms with E-state index in [-0.39, 0.29) is 11.9 Å². The lowest BCUT2D eigenvalue weighted by molar-refractivity contribution is 0.0909. The van der Waals surface area contributed by atoms with Crippen molar-refractivity contribution >= 4 is 33.2 Å². The fourth-order valence-corrected chi connectivity index (χ4v) is 2.31. The van der Waals surface area contributed by atoms with Gasteiger partial charge in [0, 0.05) is 13.2 Å². The molecule has 0 saturated heterocycles. The molecule has 0 radical (unpaired) electrons. The number of amides is 1. The minimum Gasteiger partial charge on any atom is -0.383 e. The van der Waals surface area contributed by atoms with E-state index in [4.69, 9.17) is 4.74 Å². The average molecular weight is 278 g/mol. The summed E-state index contributed by atoms with van der Waals surface area (Å²) in [5, 5.41) is 2.84. The highest BCUT2D eigenvalue weighted by atomic mass is 79.9. The van der Waals surface area contributed by atoms with Gasteiger partial charge in [0.2, 0.25) is 0 Å². The van der Waals surface area contributed by atoms with Gasteiger partial charge in [0.25, 0.3) is 5.91 Å². The second-order valence-corrected chi connectivity index (χ2v) is 5.40. The Morgan fingerprint density at radius 2 is 2.43 bits per heavy atom. The van der Waals surface area contributed by atoms with Crippen molar-refractivity contribution < 1.29 is 9.53 Å². The highest BCUT2D eigenvalue weighted by Gasteiger charge is 2.11. The van der Waals surface area contributed by atoms with Crippen LogP contribution < -0.4 is 5.32 Å². The molecule has 1 N–H and O–H groups in total. The molecule has 0 saturated carbocycles. The van der Waals surface area contributed by atoms with Crippen LogP contribution >= 0.6 is 27.3 Å². The van der Waals surface area contributed by atoms with E-state index in [0.717, 1.165) is 3.79 Å². The van der Waals surface area contributed by atoms with Gasteiger partial charge < -0.3 is 10.1 Å². The molecule has 1 amide bonds. The monoisotopic (exact) mass is 277 g/mol. The molecule has 78 valence electrons. The molecule has 0 aliphatic carbocycles. The molecule has 0 fully saturated rings. The Kier molecular flexibility index (Phi) is 4.57. The molecule has 14 heavy (non-hydrogen) atoms. The fraction of sp³-hybridized carbons (Fsp3) is 0.444. The first-order chi connectivity index (χ1) is 6.63. The highest BCUT2D eigenvalue weighted by molar-refractivity contribution is 9.11. The number of halogens is 1. The van der Waals surface area contributed by atoms with Gasteiger partial charge in [-0.05, 0) is 35.0 Å². The van der Waals surface area contributed by atoms with E-state index in [2.05, 4.69) is 21.2 Å². The van der Waals surface area contributed by atoms with Gasteiger partial charge in [0.15, 0.2) is 0 Å². The van der Waals surface area contributed by atoms with Gasteiger partial charge in [-0.1, -0.05) is 0 Å². The van der Waals surface area contributed by atoms with Gasteiger partial charge in [-0.2, -0.15) is 0 Å². The van der Waals surface area contributed by atoms with E-state index in [9.17, 15) is 4.79 Å². The Bertz CT molecular complexity index is 314. The molecule has 3 nitrogen and oxygen atoms in total. The van der Waals surface area contributed by atoms with Crippen molar-refractivity contribution in [2.45, 2.75) is 13.0 Å². The predicted molar refractivity (Wildman–Crippen MR) is 60.8 cm³/mol. The van der Waals surface area contributed by atoms with Crippen LogP contribution in [-0.2, 0) is 4.74 Å². The summed E-state index contributed by atoms with van der Waals surface area (Å²) >= 11 is 4.73. The number of hydrogen-bond acceptors (Lipinski definition) is 3. The van der Waals surface area contributed by atoms with Gasteiger partial charge in [-0.15, -0.1) is 11.3 Å². The zero-order chi connectivity index (χ0) is 10.6. The standard InChI is InChI=1S/C9H12BrNO2S/c1-6(5-13-2)11-9(12)7-3-4-8(10)14-7/h3-4,6H,5H2,1-2H3,(H,11,12)/t6-/m1/s1. The molecule has 1 heterocycles.